The number of aromatic nitrogens is 3. The van der Waals surface area contributed by atoms with Crippen molar-refractivity contribution in [2.75, 3.05) is 6.54 Å². The molecule has 1 N–H and O–H groups in total. The topological polar surface area (TPSA) is 42.7 Å². The monoisotopic (exact) mass is 278 g/mol. The minimum Gasteiger partial charge on any atom is -0.309 e. The Morgan fingerprint density at radius 3 is 2.89 bits per heavy atom. The lowest BCUT2D eigenvalue weighted by Crippen LogP contribution is -2.26. The van der Waals surface area contributed by atoms with E-state index in [1.54, 1.807) is 11.3 Å². The van der Waals surface area contributed by atoms with Crippen LogP contribution in [0.4, 0.5) is 0 Å². The zero-order valence-electron chi connectivity index (χ0n) is 11.9. The highest BCUT2D eigenvalue weighted by Gasteiger charge is 2.16. The van der Waals surface area contributed by atoms with E-state index >= 15 is 0 Å². The van der Waals surface area contributed by atoms with Crippen LogP contribution in [0.15, 0.2) is 17.6 Å². The van der Waals surface area contributed by atoms with Gasteiger partial charge in [-0.3, -0.25) is 4.68 Å². The Hall–Kier alpha value is -1.20. The van der Waals surface area contributed by atoms with Crippen LogP contribution >= 0.6 is 11.3 Å². The molecule has 0 saturated heterocycles. The Labute approximate surface area is 118 Å². The number of thiazole rings is 1. The van der Waals surface area contributed by atoms with Gasteiger partial charge in [-0.05, 0) is 26.0 Å². The van der Waals surface area contributed by atoms with Crippen LogP contribution < -0.4 is 5.32 Å². The summed E-state index contributed by atoms with van der Waals surface area (Å²) >= 11 is 1.71. The molecule has 2 heterocycles. The molecule has 104 valence electrons. The van der Waals surface area contributed by atoms with Gasteiger partial charge in [0.15, 0.2) is 0 Å². The third-order valence-corrected chi connectivity index (χ3v) is 3.89. The number of likely N-dealkylation sites (N-methyl/N-ethyl adjacent to an activating group) is 1. The fraction of sp³-hybridized carbons (Fsp3) is 0.571. The van der Waals surface area contributed by atoms with Gasteiger partial charge in [-0.2, -0.15) is 5.10 Å². The molecule has 0 aliphatic heterocycles. The van der Waals surface area contributed by atoms with Crippen LogP contribution in [0.3, 0.4) is 0 Å². The fourth-order valence-electron chi connectivity index (χ4n) is 2.28. The number of nitrogens with one attached hydrogen (secondary N) is 1. The van der Waals surface area contributed by atoms with Gasteiger partial charge in [-0.1, -0.05) is 13.8 Å². The van der Waals surface area contributed by atoms with Crippen molar-refractivity contribution in [3.63, 3.8) is 0 Å². The average molecular weight is 278 g/mol. The van der Waals surface area contributed by atoms with Gasteiger partial charge in [0.05, 0.1) is 22.4 Å². The molecule has 5 heteroatoms. The van der Waals surface area contributed by atoms with Crippen molar-refractivity contribution in [3.05, 3.63) is 34.0 Å². The quantitative estimate of drug-likeness (QED) is 0.846. The van der Waals surface area contributed by atoms with Crippen molar-refractivity contribution >= 4 is 11.3 Å². The van der Waals surface area contributed by atoms with Crippen molar-refractivity contribution in [3.8, 4) is 0 Å². The highest BCUT2D eigenvalue weighted by molar-refractivity contribution is 7.09. The molecule has 1 unspecified atom stereocenters. The van der Waals surface area contributed by atoms with E-state index in [0.717, 1.165) is 36.6 Å². The van der Waals surface area contributed by atoms with Gasteiger partial charge in [-0.25, -0.2) is 4.98 Å². The van der Waals surface area contributed by atoms with Crippen LogP contribution in [0.2, 0.25) is 0 Å². The van der Waals surface area contributed by atoms with E-state index in [2.05, 4.69) is 52.3 Å². The summed E-state index contributed by atoms with van der Waals surface area (Å²) in [5.41, 5.74) is 2.42. The number of hydrogen-bond acceptors (Lipinski definition) is 4. The molecule has 0 bridgehead atoms. The molecule has 0 radical (unpaired) electrons. The van der Waals surface area contributed by atoms with Crippen LogP contribution in [-0.2, 0) is 13.0 Å². The molecular formula is C14H22N4S. The Bertz CT molecular complexity index is 503. The first-order valence-corrected chi connectivity index (χ1v) is 7.78. The maximum atomic E-state index is 4.57. The first kappa shape index (κ1) is 14.2. The summed E-state index contributed by atoms with van der Waals surface area (Å²) in [6.45, 7) is 8.29. The lowest BCUT2D eigenvalue weighted by Gasteiger charge is -2.18. The lowest BCUT2D eigenvalue weighted by atomic mass is 10.1. The second-order valence-corrected chi connectivity index (χ2v) is 5.71. The predicted molar refractivity (Wildman–Crippen MR) is 79.5 cm³/mol. The van der Waals surface area contributed by atoms with E-state index < -0.39 is 0 Å². The van der Waals surface area contributed by atoms with Crippen molar-refractivity contribution in [2.24, 2.45) is 0 Å². The molecule has 0 aliphatic carbocycles. The van der Waals surface area contributed by atoms with Gasteiger partial charge in [0, 0.05) is 24.5 Å². The Kier molecular flexibility index (Phi) is 5.10. The first-order valence-electron chi connectivity index (χ1n) is 6.90. The SMILES string of the molecule is CCCn1nccc1C(Cc1csc(C)n1)NCC. The molecule has 2 aromatic rings. The summed E-state index contributed by atoms with van der Waals surface area (Å²) in [5, 5.41) is 11.2. The molecule has 1 atom stereocenters. The van der Waals surface area contributed by atoms with Gasteiger partial charge in [0.1, 0.15) is 0 Å². The zero-order valence-corrected chi connectivity index (χ0v) is 12.7. The van der Waals surface area contributed by atoms with Gasteiger partial charge >= 0.3 is 0 Å². The highest BCUT2D eigenvalue weighted by atomic mass is 32.1. The van der Waals surface area contributed by atoms with Crippen LogP contribution in [0.5, 0.6) is 0 Å². The van der Waals surface area contributed by atoms with Crippen LogP contribution in [0.1, 0.15) is 42.7 Å². The van der Waals surface area contributed by atoms with Crippen molar-refractivity contribution < 1.29 is 0 Å². The van der Waals surface area contributed by atoms with E-state index in [-0.39, 0.29) is 0 Å². The number of hydrogen-bond donors (Lipinski definition) is 1. The first-order chi connectivity index (χ1) is 9.24. The molecule has 0 spiro atoms. The van der Waals surface area contributed by atoms with Crippen LogP contribution in [-0.4, -0.2) is 21.3 Å². The Balaban J connectivity index is 2.16. The fourth-order valence-corrected chi connectivity index (χ4v) is 2.90. The molecule has 0 amide bonds. The van der Waals surface area contributed by atoms with Crippen LogP contribution in [0.25, 0.3) is 0 Å². The summed E-state index contributed by atoms with van der Waals surface area (Å²) in [4.78, 5) is 4.57. The van der Waals surface area contributed by atoms with Gasteiger partial charge in [0.2, 0.25) is 0 Å². The molecule has 2 aromatic heterocycles. The maximum absolute atomic E-state index is 4.57. The smallest absolute Gasteiger partial charge is 0.0897 e. The summed E-state index contributed by atoms with van der Waals surface area (Å²) in [5.74, 6) is 0. The van der Waals surface area contributed by atoms with E-state index in [1.165, 1.54) is 5.69 Å². The van der Waals surface area contributed by atoms with Crippen molar-refractivity contribution in [1.82, 2.24) is 20.1 Å². The molecule has 4 nitrogen and oxygen atoms in total. The second kappa shape index (κ2) is 6.82. The molecule has 0 saturated carbocycles. The minimum atomic E-state index is 0.292. The summed E-state index contributed by atoms with van der Waals surface area (Å²) in [6.07, 6.45) is 3.92. The number of nitrogens with zero attached hydrogens (tertiary/aromatic N) is 3. The average Bonchev–Trinajstić information content (AvgIpc) is 2.99. The predicted octanol–water partition coefficient (Wildman–Crippen LogP) is 2.95. The van der Waals surface area contributed by atoms with Gasteiger partial charge in [-0.15, -0.1) is 11.3 Å². The third-order valence-electron chi connectivity index (χ3n) is 3.07. The van der Waals surface area contributed by atoms with E-state index in [1.807, 2.05) is 6.20 Å². The summed E-state index contributed by atoms with van der Waals surface area (Å²) < 4.78 is 2.10. The van der Waals surface area contributed by atoms with E-state index in [0.29, 0.717) is 6.04 Å². The number of rotatable bonds is 7. The van der Waals surface area contributed by atoms with Crippen molar-refractivity contribution in [2.45, 2.75) is 46.2 Å². The van der Waals surface area contributed by atoms with E-state index in [9.17, 15) is 0 Å². The van der Waals surface area contributed by atoms with Gasteiger partial charge < -0.3 is 5.32 Å². The van der Waals surface area contributed by atoms with Gasteiger partial charge in [0.25, 0.3) is 0 Å². The molecule has 0 fully saturated rings. The lowest BCUT2D eigenvalue weighted by molar-refractivity contribution is 0.475. The largest absolute Gasteiger partial charge is 0.309 e. The van der Waals surface area contributed by atoms with E-state index in [4.69, 9.17) is 0 Å². The summed E-state index contributed by atoms with van der Waals surface area (Å²) in [7, 11) is 0. The molecular weight excluding hydrogens is 256 g/mol. The second-order valence-electron chi connectivity index (χ2n) is 4.65. The highest BCUT2D eigenvalue weighted by Crippen LogP contribution is 2.20. The minimum absolute atomic E-state index is 0.292. The third kappa shape index (κ3) is 3.64. The molecule has 0 aromatic carbocycles. The summed E-state index contributed by atoms with van der Waals surface area (Å²) in [6, 6.07) is 2.41. The maximum Gasteiger partial charge on any atom is 0.0897 e. The molecule has 2 rings (SSSR count). The molecule has 0 aliphatic rings. The van der Waals surface area contributed by atoms with Crippen molar-refractivity contribution in [1.29, 1.82) is 0 Å². The zero-order chi connectivity index (χ0) is 13.7. The molecule has 19 heavy (non-hydrogen) atoms. The van der Waals surface area contributed by atoms with Crippen LogP contribution in [0, 0.1) is 6.92 Å². The standard InChI is InChI=1S/C14H22N4S/c1-4-8-18-14(6-7-16-18)13(15-5-2)9-12-10-19-11(3)17-12/h6-7,10,13,15H,4-5,8-9H2,1-3H3. The Morgan fingerprint density at radius 1 is 1.42 bits per heavy atom. The normalized spacial score (nSPS) is 12.8. The number of aryl methyl sites for hydroxylation is 2. The Morgan fingerprint density at radius 2 is 2.26 bits per heavy atom.